The van der Waals surface area contributed by atoms with Gasteiger partial charge in [-0.15, -0.1) is 0 Å². The topological polar surface area (TPSA) is 34.6 Å². The van der Waals surface area contributed by atoms with Gasteiger partial charge >= 0.3 is 5.63 Å². The first-order valence-electron chi connectivity index (χ1n) is 9.22. The van der Waals surface area contributed by atoms with Gasteiger partial charge in [0.1, 0.15) is 5.58 Å². The van der Waals surface area contributed by atoms with Crippen molar-refractivity contribution in [2.45, 2.75) is 25.7 Å². The average Bonchev–Trinajstić information content (AvgIpc) is 3.07. The van der Waals surface area contributed by atoms with Gasteiger partial charge in [0.25, 0.3) is 0 Å². The van der Waals surface area contributed by atoms with Gasteiger partial charge in [0.2, 0.25) is 0 Å². The molecule has 126 valence electrons. The Balaban J connectivity index is 1.97. The molecule has 0 radical (unpaired) electrons. The molecular formula is C23H17NO2. The molecular weight excluding hydrogens is 322 g/mol. The van der Waals surface area contributed by atoms with Gasteiger partial charge in [-0.3, -0.25) is 0 Å². The highest BCUT2D eigenvalue weighted by Crippen LogP contribution is 2.37. The minimum absolute atomic E-state index is 0.305. The van der Waals surface area contributed by atoms with Crippen molar-refractivity contribution < 1.29 is 4.42 Å². The molecule has 1 aliphatic carbocycles. The van der Waals surface area contributed by atoms with Gasteiger partial charge in [0.15, 0.2) is 0 Å². The number of hydrogen-bond donors (Lipinski definition) is 0. The third kappa shape index (κ3) is 1.75. The fourth-order valence-electron chi connectivity index (χ4n) is 4.70. The van der Waals surface area contributed by atoms with Gasteiger partial charge in [0.05, 0.1) is 11.0 Å². The summed E-state index contributed by atoms with van der Waals surface area (Å²) >= 11 is 0. The van der Waals surface area contributed by atoms with E-state index in [0.29, 0.717) is 5.58 Å². The molecule has 3 nitrogen and oxygen atoms in total. The summed E-state index contributed by atoms with van der Waals surface area (Å²) in [4.78, 5) is 11.7. The van der Waals surface area contributed by atoms with E-state index >= 15 is 0 Å². The summed E-state index contributed by atoms with van der Waals surface area (Å²) in [6.45, 7) is 0. The number of aryl methyl sites for hydroxylation is 2. The summed E-state index contributed by atoms with van der Waals surface area (Å²) in [5, 5.41) is 4.63. The molecule has 0 saturated carbocycles. The standard InChI is InChI=1S/C23H17NO2/c25-22-12-9-17-21(26-22)11-10-19-23(17)16-7-3-2-6-15(16)20-13-14-5-1-4-8-18(14)24(19)20/h2-3,6-7,9-13H,1,4-5,8H2. The van der Waals surface area contributed by atoms with Crippen LogP contribution in [0.4, 0.5) is 0 Å². The monoisotopic (exact) mass is 339 g/mol. The first kappa shape index (κ1) is 14.1. The summed E-state index contributed by atoms with van der Waals surface area (Å²) in [5.74, 6) is 0. The van der Waals surface area contributed by atoms with Crippen molar-refractivity contribution >= 4 is 38.2 Å². The number of hydrogen-bond acceptors (Lipinski definition) is 2. The van der Waals surface area contributed by atoms with Crippen molar-refractivity contribution in [1.29, 1.82) is 0 Å². The number of fused-ring (bicyclic) bond motifs is 10. The van der Waals surface area contributed by atoms with Crippen molar-refractivity contribution in [2.75, 3.05) is 0 Å². The molecule has 3 aromatic heterocycles. The van der Waals surface area contributed by atoms with E-state index in [0.717, 1.165) is 18.2 Å². The second kappa shape index (κ2) is 4.98. The molecule has 1 aliphatic rings. The smallest absolute Gasteiger partial charge is 0.336 e. The fourth-order valence-corrected chi connectivity index (χ4v) is 4.70. The van der Waals surface area contributed by atoms with Crippen LogP contribution in [0.2, 0.25) is 0 Å². The van der Waals surface area contributed by atoms with E-state index in [4.69, 9.17) is 4.42 Å². The predicted molar refractivity (Wildman–Crippen MR) is 105 cm³/mol. The Kier molecular flexibility index (Phi) is 2.71. The zero-order chi connectivity index (χ0) is 17.3. The zero-order valence-corrected chi connectivity index (χ0v) is 14.3. The molecule has 0 fully saturated rings. The van der Waals surface area contributed by atoms with Crippen molar-refractivity contribution in [1.82, 2.24) is 4.40 Å². The molecule has 6 rings (SSSR count). The molecule has 0 bridgehead atoms. The zero-order valence-electron chi connectivity index (χ0n) is 14.3. The van der Waals surface area contributed by atoms with Crippen LogP contribution >= 0.6 is 0 Å². The van der Waals surface area contributed by atoms with Crippen LogP contribution < -0.4 is 5.63 Å². The van der Waals surface area contributed by atoms with E-state index in [2.05, 4.69) is 40.8 Å². The Morgan fingerprint density at radius 3 is 2.58 bits per heavy atom. The third-order valence-corrected chi connectivity index (χ3v) is 5.80. The lowest BCUT2D eigenvalue weighted by molar-refractivity contribution is 0.561. The maximum Gasteiger partial charge on any atom is 0.336 e. The highest BCUT2D eigenvalue weighted by atomic mass is 16.4. The van der Waals surface area contributed by atoms with E-state index < -0.39 is 0 Å². The van der Waals surface area contributed by atoms with Crippen LogP contribution in [-0.4, -0.2) is 4.40 Å². The highest BCUT2D eigenvalue weighted by Gasteiger charge is 2.19. The molecule has 0 atom stereocenters. The minimum Gasteiger partial charge on any atom is -0.423 e. The summed E-state index contributed by atoms with van der Waals surface area (Å²) in [6, 6.07) is 18.4. The molecule has 0 unspecified atom stereocenters. The third-order valence-electron chi connectivity index (χ3n) is 5.80. The van der Waals surface area contributed by atoms with Gasteiger partial charge in [0, 0.05) is 27.9 Å². The van der Waals surface area contributed by atoms with Crippen LogP contribution in [-0.2, 0) is 12.8 Å². The molecule has 0 spiro atoms. The average molecular weight is 339 g/mol. The van der Waals surface area contributed by atoms with Gasteiger partial charge in [-0.1, -0.05) is 24.3 Å². The van der Waals surface area contributed by atoms with Gasteiger partial charge in [-0.05, 0) is 60.9 Å². The molecule has 0 N–H and O–H groups in total. The Bertz CT molecular complexity index is 1400. The fraction of sp³-hybridized carbons (Fsp3) is 0.174. The summed E-state index contributed by atoms with van der Waals surface area (Å²) in [7, 11) is 0. The minimum atomic E-state index is -0.305. The van der Waals surface area contributed by atoms with Crippen molar-refractivity contribution in [3.63, 3.8) is 0 Å². The predicted octanol–water partition coefficient (Wildman–Crippen LogP) is 5.23. The van der Waals surface area contributed by atoms with E-state index in [1.807, 2.05) is 12.1 Å². The van der Waals surface area contributed by atoms with Gasteiger partial charge in [-0.25, -0.2) is 4.79 Å². The normalized spacial score (nSPS) is 14.5. The van der Waals surface area contributed by atoms with Crippen LogP contribution in [0.25, 0.3) is 38.2 Å². The Hall–Kier alpha value is -3.07. The van der Waals surface area contributed by atoms with Crippen LogP contribution in [0.15, 0.2) is 63.8 Å². The van der Waals surface area contributed by atoms with Gasteiger partial charge in [-0.2, -0.15) is 0 Å². The van der Waals surface area contributed by atoms with Gasteiger partial charge < -0.3 is 8.82 Å². The van der Waals surface area contributed by atoms with E-state index in [1.165, 1.54) is 57.4 Å². The summed E-state index contributed by atoms with van der Waals surface area (Å²) in [6.07, 6.45) is 4.80. The number of nitrogens with zero attached hydrogens (tertiary/aromatic N) is 1. The van der Waals surface area contributed by atoms with Crippen molar-refractivity contribution in [3.05, 3.63) is 76.3 Å². The lowest BCUT2D eigenvalue weighted by atomic mass is 9.98. The number of benzene rings is 2. The second-order valence-electron chi connectivity index (χ2n) is 7.22. The molecule has 0 aliphatic heterocycles. The second-order valence-corrected chi connectivity index (χ2v) is 7.22. The number of aromatic nitrogens is 1. The highest BCUT2D eigenvalue weighted by molar-refractivity contribution is 6.21. The SMILES string of the molecule is O=c1ccc2c(ccc3c2c2ccccc2c2cc4c(n23)CCCC4)o1. The lowest BCUT2D eigenvalue weighted by Gasteiger charge is -2.16. The first-order valence-corrected chi connectivity index (χ1v) is 9.22. The summed E-state index contributed by atoms with van der Waals surface area (Å²) < 4.78 is 7.90. The van der Waals surface area contributed by atoms with Crippen LogP contribution in [0, 0.1) is 0 Å². The van der Waals surface area contributed by atoms with Crippen molar-refractivity contribution in [3.8, 4) is 0 Å². The van der Waals surface area contributed by atoms with Crippen LogP contribution in [0.3, 0.4) is 0 Å². The molecule has 5 aromatic rings. The van der Waals surface area contributed by atoms with Crippen LogP contribution in [0.1, 0.15) is 24.1 Å². The molecule has 3 heteroatoms. The van der Waals surface area contributed by atoms with E-state index in [-0.39, 0.29) is 5.63 Å². The molecule has 3 heterocycles. The quantitative estimate of drug-likeness (QED) is 0.286. The molecule has 26 heavy (non-hydrogen) atoms. The van der Waals surface area contributed by atoms with E-state index in [1.54, 1.807) is 0 Å². The molecule has 0 saturated heterocycles. The number of pyridine rings is 1. The van der Waals surface area contributed by atoms with E-state index in [9.17, 15) is 4.79 Å². The molecule has 0 amide bonds. The first-order chi connectivity index (χ1) is 12.8. The Morgan fingerprint density at radius 1 is 0.808 bits per heavy atom. The summed E-state index contributed by atoms with van der Waals surface area (Å²) in [5.41, 5.74) is 5.75. The van der Waals surface area contributed by atoms with Crippen molar-refractivity contribution in [2.24, 2.45) is 0 Å². The maximum atomic E-state index is 11.7. The Labute approximate surface area is 149 Å². The Morgan fingerprint density at radius 2 is 1.65 bits per heavy atom. The van der Waals surface area contributed by atoms with Crippen LogP contribution in [0.5, 0.6) is 0 Å². The largest absolute Gasteiger partial charge is 0.423 e. The maximum absolute atomic E-state index is 11.7. The lowest BCUT2D eigenvalue weighted by Crippen LogP contribution is -2.04. The number of rotatable bonds is 0. The molecule has 2 aromatic carbocycles.